The maximum absolute atomic E-state index is 12.3. The van der Waals surface area contributed by atoms with Crippen molar-refractivity contribution in [2.75, 3.05) is 7.11 Å². The molecule has 3 aromatic rings. The predicted octanol–water partition coefficient (Wildman–Crippen LogP) is 4.01. The van der Waals surface area contributed by atoms with Gasteiger partial charge in [-0.1, -0.05) is 30.3 Å². The van der Waals surface area contributed by atoms with Crippen molar-refractivity contribution >= 4 is 28.5 Å². The molecule has 0 aromatic heterocycles. The van der Waals surface area contributed by atoms with Gasteiger partial charge in [0.25, 0.3) is 0 Å². The van der Waals surface area contributed by atoms with Gasteiger partial charge in [-0.3, -0.25) is 9.59 Å². The van der Waals surface area contributed by atoms with Gasteiger partial charge in [0.1, 0.15) is 11.5 Å². The molecule has 4 rings (SSSR count). The second-order valence-electron chi connectivity index (χ2n) is 6.77. The Morgan fingerprint density at radius 2 is 1.73 bits per heavy atom. The summed E-state index contributed by atoms with van der Waals surface area (Å²) in [7, 11) is 1.58. The van der Waals surface area contributed by atoms with E-state index in [4.69, 9.17) is 14.2 Å². The molecule has 7 heteroatoms. The maximum atomic E-state index is 12.3. The Hall–Kier alpha value is -3.87. The van der Waals surface area contributed by atoms with E-state index in [-0.39, 0.29) is 11.8 Å². The van der Waals surface area contributed by atoms with Crippen LogP contribution in [-0.2, 0) is 14.3 Å². The summed E-state index contributed by atoms with van der Waals surface area (Å²) >= 11 is 0. The minimum Gasteiger partial charge on any atom is -0.497 e. The Kier molecular flexibility index (Phi) is 5.10. The summed E-state index contributed by atoms with van der Waals surface area (Å²) in [5.41, 5.74) is 1.25. The summed E-state index contributed by atoms with van der Waals surface area (Å²) in [4.78, 5) is 23.9. The van der Waals surface area contributed by atoms with E-state index in [2.05, 4.69) is 5.10 Å². The highest BCUT2D eigenvalue weighted by Gasteiger charge is 2.35. The van der Waals surface area contributed by atoms with Crippen LogP contribution in [0.25, 0.3) is 10.8 Å². The van der Waals surface area contributed by atoms with E-state index in [1.54, 1.807) is 25.3 Å². The summed E-state index contributed by atoms with van der Waals surface area (Å²) < 4.78 is 16.7. The molecule has 0 aliphatic carbocycles. The Balaban J connectivity index is 1.81. The van der Waals surface area contributed by atoms with Crippen LogP contribution in [0, 0.1) is 0 Å². The quantitative estimate of drug-likeness (QED) is 0.485. The van der Waals surface area contributed by atoms with Crippen LogP contribution in [0.5, 0.6) is 11.5 Å². The molecule has 0 saturated carbocycles. The van der Waals surface area contributed by atoms with Gasteiger partial charge in [-0.25, -0.2) is 0 Å². The van der Waals surface area contributed by atoms with Crippen molar-refractivity contribution in [3.8, 4) is 11.5 Å². The first kappa shape index (κ1) is 19.4. The van der Waals surface area contributed by atoms with Gasteiger partial charge in [-0.05, 0) is 41.1 Å². The maximum Gasteiger partial charge on any atom is 0.308 e. The van der Waals surface area contributed by atoms with E-state index in [9.17, 15) is 9.59 Å². The summed E-state index contributed by atoms with van der Waals surface area (Å²) in [5, 5.41) is 7.43. The molecule has 0 spiro atoms. The van der Waals surface area contributed by atoms with Gasteiger partial charge in [0, 0.05) is 19.4 Å². The van der Waals surface area contributed by atoms with E-state index in [1.165, 1.54) is 18.9 Å². The lowest BCUT2D eigenvalue weighted by Gasteiger charge is -2.19. The zero-order chi connectivity index (χ0) is 21.3. The number of rotatable bonds is 4. The van der Waals surface area contributed by atoms with Crippen LogP contribution in [-0.4, -0.2) is 29.9 Å². The molecule has 0 bridgehead atoms. The highest BCUT2D eigenvalue weighted by atomic mass is 16.5. The molecule has 152 valence electrons. The molecule has 30 heavy (non-hydrogen) atoms. The highest BCUT2D eigenvalue weighted by Crippen LogP contribution is 2.36. The summed E-state index contributed by atoms with van der Waals surface area (Å²) in [5.74, 6) is 0.483. The number of esters is 1. The molecule has 1 amide bonds. The zero-order valence-electron chi connectivity index (χ0n) is 16.8. The first-order valence-corrected chi connectivity index (χ1v) is 9.37. The fraction of sp³-hybridized carbons (Fsp3) is 0.174. The lowest BCUT2D eigenvalue weighted by molar-refractivity contribution is -0.135. The van der Waals surface area contributed by atoms with Crippen molar-refractivity contribution in [2.24, 2.45) is 5.10 Å². The Bertz CT molecular complexity index is 1150. The number of hydrazone groups is 1. The van der Waals surface area contributed by atoms with Crippen LogP contribution in [0.4, 0.5) is 0 Å². The van der Waals surface area contributed by atoms with Crippen molar-refractivity contribution in [3.63, 3.8) is 0 Å². The summed E-state index contributed by atoms with van der Waals surface area (Å²) in [6, 6.07) is 18.4. The highest BCUT2D eigenvalue weighted by molar-refractivity contribution is 6.10. The summed E-state index contributed by atoms with van der Waals surface area (Å²) in [6.07, 6.45) is -0.743. The molecule has 3 aromatic carbocycles. The fourth-order valence-corrected chi connectivity index (χ4v) is 3.36. The van der Waals surface area contributed by atoms with Crippen LogP contribution >= 0.6 is 0 Å². The Labute approximate surface area is 173 Å². The number of hydrogen-bond acceptors (Lipinski definition) is 6. The van der Waals surface area contributed by atoms with E-state index < -0.39 is 12.2 Å². The third-order valence-electron chi connectivity index (χ3n) is 4.73. The molecule has 0 radical (unpaired) electrons. The standard InChI is InChI=1S/C23H20N2O5/c1-14(26)25-23(17-8-11-18(28-3)12-9-17)30-22(24-25)21-19-7-5-4-6-16(19)10-13-20(21)29-15(2)27/h4-13,23H,1-3H3/t23-/m1/s1. The van der Waals surface area contributed by atoms with E-state index in [0.717, 1.165) is 16.3 Å². The van der Waals surface area contributed by atoms with Crippen molar-refractivity contribution < 1.29 is 23.8 Å². The molecule has 1 heterocycles. The summed E-state index contributed by atoms with van der Waals surface area (Å²) in [6.45, 7) is 2.75. The van der Waals surface area contributed by atoms with Crippen molar-refractivity contribution in [1.82, 2.24) is 5.01 Å². The largest absolute Gasteiger partial charge is 0.497 e. The minimum absolute atomic E-state index is 0.207. The number of nitrogens with zero attached hydrogens (tertiary/aromatic N) is 2. The van der Waals surface area contributed by atoms with Crippen LogP contribution in [0.15, 0.2) is 65.8 Å². The second kappa shape index (κ2) is 7.87. The molecule has 1 aliphatic heterocycles. The van der Waals surface area contributed by atoms with Gasteiger partial charge in [0.2, 0.25) is 18.0 Å². The normalized spacial score (nSPS) is 15.5. The van der Waals surface area contributed by atoms with Crippen molar-refractivity contribution in [2.45, 2.75) is 20.1 Å². The first-order chi connectivity index (χ1) is 14.5. The monoisotopic (exact) mass is 404 g/mol. The van der Waals surface area contributed by atoms with Gasteiger partial charge >= 0.3 is 5.97 Å². The number of methoxy groups -OCH3 is 1. The fourth-order valence-electron chi connectivity index (χ4n) is 3.36. The number of hydrogen-bond donors (Lipinski definition) is 0. The average molecular weight is 404 g/mol. The second-order valence-corrected chi connectivity index (χ2v) is 6.77. The Morgan fingerprint density at radius 3 is 2.40 bits per heavy atom. The van der Waals surface area contributed by atoms with Crippen molar-refractivity contribution in [3.05, 3.63) is 71.8 Å². The van der Waals surface area contributed by atoms with E-state index in [0.29, 0.717) is 17.1 Å². The molecular formula is C23H20N2O5. The van der Waals surface area contributed by atoms with Gasteiger partial charge in [0.15, 0.2) is 0 Å². The number of ether oxygens (including phenoxy) is 3. The number of fused-ring (bicyclic) bond motifs is 1. The molecule has 0 N–H and O–H groups in total. The number of benzene rings is 3. The van der Waals surface area contributed by atoms with Gasteiger partial charge in [0.05, 0.1) is 12.7 Å². The molecular weight excluding hydrogens is 384 g/mol. The van der Waals surface area contributed by atoms with Gasteiger partial charge in [-0.2, -0.15) is 5.01 Å². The van der Waals surface area contributed by atoms with E-state index >= 15 is 0 Å². The minimum atomic E-state index is -0.743. The average Bonchev–Trinajstić information content (AvgIpc) is 3.18. The molecule has 0 saturated heterocycles. The lowest BCUT2D eigenvalue weighted by atomic mass is 10.0. The van der Waals surface area contributed by atoms with Crippen LogP contribution in [0.2, 0.25) is 0 Å². The Morgan fingerprint density at radius 1 is 1.00 bits per heavy atom. The van der Waals surface area contributed by atoms with Crippen LogP contribution in [0.3, 0.4) is 0 Å². The third-order valence-corrected chi connectivity index (χ3v) is 4.73. The van der Waals surface area contributed by atoms with Crippen LogP contribution < -0.4 is 9.47 Å². The predicted molar refractivity (Wildman–Crippen MR) is 111 cm³/mol. The van der Waals surface area contributed by atoms with Gasteiger partial charge < -0.3 is 14.2 Å². The molecule has 7 nitrogen and oxygen atoms in total. The third kappa shape index (κ3) is 3.57. The molecule has 0 unspecified atom stereocenters. The first-order valence-electron chi connectivity index (χ1n) is 9.37. The number of carbonyl (C=O) groups excluding carboxylic acids is 2. The smallest absolute Gasteiger partial charge is 0.308 e. The SMILES string of the molecule is COc1ccc([C@H]2OC(c3c(OC(C)=O)ccc4ccccc34)=NN2C(C)=O)cc1. The zero-order valence-corrected chi connectivity index (χ0v) is 16.8. The molecule has 0 fully saturated rings. The lowest BCUT2D eigenvalue weighted by Crippen LogP contribution is -2.25. The molecule has 1 atom stereocenters. The van der Waals surface area contributed by atoms with Crippen molar-refractivity contribution in [1.29, 1.82) is 0 Å². The van der Waals surface area contributed by atoms with Crippen LogP contribution in [0.1, 0.15) is 31.2 Å². The molecule has 1 aliphatic rings. The van der Waals surface area contributed by atoms with E-state index in [1.807, 2.05) is 42.5 Å². The number of carbonyl (C=O) groups is 2. The van der Waals surface area contributed by atoms with Gasteiger partial charge in [-0.15, -0.1) is 5.10 Å². The number of amides is 1. The topological polar surface area (TPSA) is 77.4 Å².